The summed E-state index contributed by atoms with van der Waals surface area (Å²) in [5.74, 6) is 1.22. The molecule has 0 bridgehead atoms. The van der Waals surface area contributed by atoms with E-state index in [0.717, 1.165) is 12.8 Å². The molecular weight excluding hydrogens is 174 g/mol. The number of ketones is 1. The first kappa shape index (κ1) is 9.91. The predicted molar refractivity (Wildman–Crippen MR) is 56.8 cm³/mol. The van der Waals surface area contributed by atoms with E-state index in [2.05, 4.69) is 0 Å². The van der Waals surface area contributed by atoms with Gasteiger partial charge in [-0.1, -0.05) is 37.8 Å². The van der Waals surface area contributed by atoms with Gasteiger partial charge >= 0.3 is 0 Å². The Morgan fingerprint density at radius 3 is 2.57 bits per heavy atom. The topological polar surface area (TPSA) is 43.1 Å². The number of allylic oxidation sites excluding steroid dienone is 1. The lowest BCUT2D eigenvalue weighted by molar-refractivity contribution is -0.122. The maximum Gasteiger partial charge on any atom is 0.140 e. The number of hydrogen-bond acceptors (Lipinski definition) is 2. The molecule has 0 heterocycles. The molecule has 0 radical (unpaired) electrons. The van der Waals surface area contributed by atoms with Crippen molar-refractivity contribution in [2.45, 2.75) is 44.6 Å². The smallest absolute Gasteiger partial charge is 0.140 e. The van der Waals surface area contributed by atoms with Crippen molar-refractivity contribution < 1.29 is 4.79 Å². The molecule has 2 atom stereocenters. The number of carbonyl (C=O) groups is 1. The molecule has 2 nitrogen and oxygen atoms in total. The van der Waals surface area contributed by atoms with E-state index < -0.39 is 0 Å². The van der Waals surface area contributed by atoms with Crippen molar-refractivity contribution in [2.24, 2.45) is 17.6 Å². The minimum atomic E-state index is 0.118. The van der Waals surface area contributed by atoms with E-state index in [4.69, 9.17) is 5.73 Å². The monoisotopic (exact) mass is 193 g/mol. The zero-order chi connectivity index (χ0) is 9.97. The van der Waals surface area contributed by atoms with Crippen LogP contribution in [0.25, 0.3) is 0 Å². The summed E-state index contributed by atoms with van der Waals surface area (Å²) < 4.78 is 0. The van der Waals surface area contributed by atoms with Crippen molar-refractivity contribution in [3.05, 3.63) is 12.2 Å². The van der Waals surface area contributed by atoms with Gasteiger partial charge in [0.25, 0.3) is 0 Å². The van der Waals surface area contributed by atoms with Crippen molar-refractivity contribution in [2.75, 3.05) is 0 Å². The molecule has 2 N–H and O–H groups in total. The number of carbonyl (C=O) groups excluding carboxylic acids is 1. The van der Waals surface area contributed by atoms with Gasteiger partial charge in [0.15, 0.2) is 0 Å². The molecule has 0 amide bonds. The van der Waals surface area contributed by atoms with E-state index in [-0.39, 0.29) is 12.0 Å². The van der Waals surface area contributed by atoms with E-state index >= 15 is 0 Å². The molecule has 0 spiro atoms. The second-order valence-electron chi connectivity index (χ2n) is 4.71. The van der Waals surface area contributed by atoms with E-state index in [9.17, 15) is 4.79 Å². The van der Waals surface area contributed by atoms with Crippen LogP contribution in [0.15, 0.2) is 12.2 Å². The van der Waals surface area contributed by atoms with Crippen molar-refractivity contribution in [3.8, 4) is 0 Å². The van der Waals surface area contributed by atoms with Gasteiger partial charge in [-0.3, -0.25) is 4.79 Å². The standard InChI is InChI=1S/C12H19NO/c13-11-6-5-10(8-11)12(14)7-9-3-1-2-4-9/h5-6,9-11H,1-4,7-8,13H2. The molecule has 2 aliphatic carbocycles. The first-order valence-electron chi connectivity index (χ1n) is 5.72. The number of Topliss-reactive ketones (excluding diaryl/α,β-unsaturated/α-hetero) is 1. The highest BCUT2D eigenvalue weighted by Crippen LogP contribution is 2.30. The second kappa shape index (κ2) is 4.26. The first-order chi connectivity index (χ1) is 6.75. The average molecular weight is 193 g/mol. The Morgan fingerprint density at radius 2 is 2.00 bits per heavy atom. The third kappa shape index (κ3) is 2.24. The van der Waals surface area contributed by atoms with Crippen LogP contribution >= 0.6 is 0 Å². The molecule has 2 heteroatoms. The second-order valence-corrected chi connectivity index (χ2v) is 4.71. The fraction of sp³-hybridized carbons (Fsp3) is 0.750. The Labute approximate surface area is 85.6 Å². The van der Waals surface area contributed by atoms with Gasteiger partial charge in [0.2, 0.25) is 0 Å². The predicted octanol–water partition coefficient (Wildman–Crippen LogP) is 2.04. The molecule has 0 aliphatic heterocycles. The summed E-state index contributed by atoms with van der Waals surface area (Å²) in [6, 6.07) is 0.118. The van der Waals surface area contributed by atoms with Gasteiger partial charge in [-0.25, -0.2) is 0 Å². The van der Waals surface area contributed by atoms with Crippen molar-refractivity contribution in [3.63, 3.8) is 0 Å². The van der Waals surface area contributed by atoms with Crippen LogP contribution in [0.4, 0.5) is 0 Å². The average Bonchev–Trinajstić information content (AvgIpc) is 2.75. The Kier molecular flexibility index (Phi) is 3.02. The van der Waals surface area contributed by atoms with Crippen LogP contribution in [-0.4, -0.2) is 11.8 Å². The molecule has 0 saturated heterocycles. The molecule has 14 heavy (non-hydrogen) atoms. The summed E-state index contributed by atoms with van der Waals surface area (Å²) in [7, 11) is 0. The summed E-state index contributed by atoms with van der Waals surface area (Å²) in [5, 5.41) is 0. The van der Waals surface area contributed by atoms with Crippen LogP contribution < -0.4 is 5.73 Å². The molecule has 78 valence electrons. The van der Waals surface area contributed by atoms with Gasteiger partial charge in [-0.15, -0.1) is 0 Å². The van der Waals surface area contributed by atoms with Crippen LogP contribution in [0.2, 0.25) is 0 Å². The van der Waals surface area contributed by atoms with Gasteiger partial charge in [-0.2, -0.15) is 0 Å². The summed E-state index contributed by atoms with van der Waals surface area (Å²) in [6.07, 6.45) is 10.8. The van der Waals surface area contributed by atoms with Crippen molar-refractivity contribution in [1.82, 2.24) is 0 Å². The van der Waals surface area contributed by atoms with E-state index in [0.29, 0.717) is 11.7 Å². The highest BCUT2D eigenvalue weighted by molar-refractivity contribution is 5.83. The Balaban J connectivity index is 1.80. The molecule has 0 aromatic rings. The maximum absolute atomic E-state index is 11.8. The van der Waals surface area contributed by atoms with Crippen LogP contribution in [0, 0.1) is 11.8 Å². The lowest BCUT2D eigenvalue weighted by Gasteiger charge is -2.11. The summed E-state index contributed by atoms with van der Waals surface area (Å²) in [4.78, 5) is 11.8. The van der Waals surface area contributed by atoms with Crippen molar-refractivity contribution in [1.29, 1.82) is 0 Å². The molecule has 1 saturated carbocycles. The largest absolute Gasteiger partial charge is 0.324 e. The molecule has 0 aromatic carbocycles. The van der Waals surface area contributed by atoms with Gasteiger partial charge in [0.1, 0.15) is 5.78 Å². The van der Waals surface area contributed by atoms with Crippen molar-refractivity contribution >= 4 is 5.78 Å². The lowest BCUT2D eigenvalue weighted by atomic mass is 9.92. The lowest BCUT2D eigenvalue weighted by Crippen LogP contribution is -2.20. The van der Waals surface area contributed by atoms with Crippen LogP contribution in [0.3, 0.4) is 0 Å². The van der Waals surface area contributed by atoms with E-state index in [1.807, 2.05) is 12.2 Å². The fourth-order valence-corrected chi connectivity index (χ4v) is 2.62. The first-order valence-corrected chi connectivity index (χ1v) is 5.72. The molecular formula is C12H19NO. The normalized spacial score (nSPS) is 32.6. The highest BCUT2D eigenvalue weighted by Gasteiger charge is 2.26. The SMILES string of the molecule is NC1C=CC(C(=O)CC2CCCC2)C1. The third-order valence-electron chi connectivity index (χ3n) is 3.49. The Morgan fingerprint density at radius 1 is 1.29 bits per heavy atom. The maximum atomic E-state index is 11.8. The van der Waals surface area contributed by atoms with Crippen LogP contribution in [0.1, 0.15) is 38.5 Å². The van der Waals surface area contributed by atoms with E-state index in [1.165, 1.54) is 25.7 Å². The van der Waals surface area contributed by atoms with Gasteiger partial charge in [-0.05, 0) is 12.3 Å². The minimum Gasteiger partial charge on any atom is -0.324 e. The molecule has 2 unspecified atom stereocenters. The summed E-state index contributed by atoms with van der Waals surface area (Å²) in [6.45, 7) is 0. The number of rotatable bonds is 3. The fourth-order valence-electron chi connectivity index (χ4n) is 2.62. The summed E-state index contributed by atoms with van der Waals surface area (Å²) in [5.41, 5.74) is 5.73. The van der Waals surface area contributed by atoms with Gasteiger partial charge in [0, 0.05) is 18.4 Å². The third-order valence-corrected chi connectivity index (χ3v) is 3.49. The minimum absolute atomic E-state index is 0.118. The molecule has 2 rings (SSSR count). The quantitative estimate of drug-likeness (QED) is 0.697. The zero-order valence-electron chi connectivity index (χ0n) is 8.61. The Hall–Kier alpha value is -0.630. The van der Waals surface area contributed by atoms with Gasteiger partial charge in [0.05, 0.1) is 0 Å². The summed E-state index contributed by atoms with van der Waals surface area (Å²) >= 11 is 0. The Bertz CT molecular complexity index is 241. The van der Waals surface area contributed by atoms with Crippen LogP contribution in [-0.2, 0) is 4.79 Å². The molecule has 1 fully saturated rings. The zero-order valence-corrected chi connectivity index (χ0v) is 8.61. The highest BCUT2D eigenvalue weighted by atomic mass is 16.1. The van der Waals surface area contributed by atoms with Crippen LogP contribution in [0.5, 0.6) is 0 Å². The number of hydrogen-bond donors (Lipinski definition) is 1. The van der Waals surface area contributed by atoms with Gasteiger partial charge < -0.3 is 5.73 Å². The number of nitrogens with two attached hydrogens (primary N) is 1. The molecule has 2 aliphatic rings. The molecule has 0 aromatic heterocycles. The van der Waals surface area contributed by atoms with E-state index in [1.54, 1.807) is 0 Å².